The van der Waals surface area contributed by atoms with E-state index in [2.05, 4.69) is 25.9 Å². The number of hydrogen-bond donors (Lipinski definition) is 0. The van der Waals surface area contributed by atoms with Gasteiger partial charge in [0.25, 0.3) is 0 Å². The summed E-state index contributed by atoms with van der Waals surface area (Å²) < 4.78 is 0.519. The van der Waals surface area contributed by atoms with E-state index in [1.165, 1.54) is 0 Å². The van der Waals surface area contributed by atoms with Crippen molar-refractivity contribution in [2.75, 3.05) is 0 Å². The fraction of sp³-hybridized carbons (Fsp3) is 0. The molecule has 76 valence electrons. The molecule has 5 heteroatoms. The topological polar surface area (TPSA) is 25.8 Å². The van der Waals surface area contributed by atoms with Gasteiger partial charge in [0.05, 0.1) is 4.47 Å². The molecule has 0 aliphatic heterocycles. The van der Waals surface area contributed by atoms with Crippen molar-refractivity contribution in [3.63, 3.8) is 0 Å². The maximum absolute atomic E-state index is 5.89. The van der Waals surface area contributed by atoms with Crippen LogP contribution in [0.15, 0.2) is 34.8 Å². The van der Waals surface area contributed by atoms with Crippen LogP contribution in [0.4, 0.5) is 0 Å². The normalized spacial score (nSPS) is 10.3. The number of hydrogen-bond acceptors (Lipinski definition) is 2. The Kier molecular flexibility index (Phi) is 3.24. The molecule has 0 unspecified atom stereocenters. The highest BCUT2D eigenvalue weighted by atomic mass is 79.9. The lowest BCUT2D eigenvalue weighted by molar-refractivity contribution is 1.16. The molecule has 0 bridgehead atoms. The van der Waals surface area contributed by atoms with Gasteiger partial charge in [0.15, 0.2) is 5.82 Å². The highest BCUT2D eigenvalue weighted by Crippen LogP contribution is 2.29. The number of rotatable bonds is 1. The van der Waals surface area contributed by atoms with Crippen LogP contribution < -0.4 is 0 Å². The summed E-state index contributed by atoms with van der Waals surface area (Å²) in [5.74, 6) is 0.522. The third kappa shape index (κ3) is 2.30. The average Bonchev–Trinajstić information content (AvgIpc) is 2.26. The Labute approximate surface area is 105 Å². The molecule has 1 heterocycles. The largest absolute Gasteiger partial charge is 0.215 e. The standard InChI is InChI=1S/C10H5BrCl2N2/c11-7-8(12)14-10(15-9(7)13)6-4-2-1-3-5-6/h1-5H. The molecule has 0 spiro atoms. The lowest BCUT2D eigenvalue weighted by Crippen LogP contribution is -1.91. The van der Waals surface area contributed by atoms with E-state index in [4.69, 9.17) is 23.2 Å². The molecule has 2 aromatic rings. The minimum absolute atomic E-state index is 0.314. The molecule has 2 rings (SSSR count). The Bertz CT molecular complexity index is 465. The van der Waals surface area contributed by atoms with E-state index in [0.29, 0.717) is 20.6 Å². The third-order valence-corrected chi connectivity index (χ3v) is 3.56. The van der Waals surface area contributed by atoms with Gasteiger partial charge in [0.2, 0.25) is 0 Å². The minimum atomic E-state index is 0.314. The summed E-state index contributed by atoms with van der Waals surface area (Å²) in [5, 5.41) is 0.628. The Morgan fingerprint density at radius 1 is 0.933 bits per heavy atom. The first-order valence-corrected chi connectivity index (χ1v) is 5.67. The van der Waals surface area contributed by atoms with Crippen molar-refractivity contribution < 1.29 is 0 Å². The first-order chi connectivity index (χ1) is 7.18. The maximum atomic E-state index is 5.89. The monoisotopic (exact) mass is 302 g/mol. The second-order valence-corrected chi connectivity index (χ2v) is 4.32. The Morgan fingerprint density at radius 2 is 1.47 bits per heavy atom. The van der Waals surface area contributed by atoms with Crippen LogP contribution in [-0.4, -0.2) is 9.97 Å². The number of nitrogens with zero attached hydrogens (tertiary/aromatic N) is 2. The van der Waals surface area contributed by atoms with E-state index < -0.39 is 0 Å². The van der Waals surface area contributed by atoms with Crippen molar-refractivity contribution in [2.24, 2.45) is 0 Å². The van der Waals surface area contributed by atoms with E-state index in [-0.39, 0.29) is 0 Å². The minimum Gasteiger partial charge on any atom is -0.215 e. The number of aromatic nitrogens is 2. The van der Waals surface area contributed by atoms with Crippen LogP contribution in [0.1, 0.15) is 0 Å². The molecular weight excluding hydrogens is 299 g/mol. The van der Waals surface area contributed by atoms with Crippen LogP contribution in [0.3, 0.4) is 0 Å². The molecule has 1 aromatic heterocycles. The van der Waals surface area contributed by atoms with Crippen molar-refractivity contribution in [3.8, 4) is 11.4 Å². The molecule has 1 aromatic carbocycles. The fourth-order valence-corrected chi connectivity index (χ4v) is 1.68. The SMILES string of the molecule is Clc1nc(-c2ccccc2)nc(Cl)c1Br. The van der Waals surface area contributed by atoms with Crippen LogP contribution in [-0.2, 0) is 0 Å². The molecule has 0 radical (unpaired) electrons. The smallest absolute Gasteiger partial charge is 0.162 e. The summed E-state index contributed by atoms with van der Waals surface area (Å²) in [6, 6.07) is 9.53. The molecule has 0 aliphatic carbocycles. The number of benzene rings is 1. The Morgan fingerprint density at radius 3 is 2.00 bits per heavy atom. The van der Waals surface area contributed by atoms with Crippen LogP contribution in [0.25, 0.3) is 11.4 Å². The summed E-state index contributed by atoms with van der Waals surface area (Å²) in [4.78, 5) is 8.25. The Hall–Kier alpha value is -0.640. The lowest BCUT2D eigenvalue weighted by atomic mass is 10.2. The van der Waals surface area contributed by atoms with Gasteiger partial charge in [0, 0.05) is 5.56 Å². The maximum Gasteiger partial charge on any atom is 0.162 e. The molecule has 0 amide bonds. The van der Waals surface area contributed by atoms with Crippen molar-refractivity contribution in [1.29, 1.82) is 0 Å². The molecule has 2 nitrogen and oxygen atoms in total. The molecule has 0 atom stereocenters. The van der Waals surface area contributed by atoms with Gasteiger partial charge in [-0.15, -0.1) is 0 Å². The number of halogens is 3. The fourth-order valence-electron chi connectivity index (χ4n) is 1.11. The highest BCUT2D eigenvalue weighted by Gasteiger charge is 2.09. The van der Waals surface area contributed by atoms with Crippen LogP contribution in [0.2, 0.25) is 10.3 Å². The van der Waals surface area contributed by atoms with E-state index in [0.717, 1.165) is 5.56 Å². The van der Waals surface area contributed by atoms with E-state index in [1.807, 2.05) is 30.3 Å². The van der Waals surface area contributed by atoms with Gasteiger partial charge in [-0.1, -0.05) is 53.5 Å². The molecule has 15 heavy (non-hydrogen) atoms. The van der Waals surface area contributed by atoms with E-state index in [9.17, 15) is 0 Å². The first kappa shape index (κ1) is 10.9. The van der Waals surface area contributed by atoms with Crippen LogP contribution >= 0.6 is 39.1 Å². The van der Waals surface area contributed by atoms with Crippen LogP contribution in [0.5, 0.6) is 0 Å². The predicted octanol–water partition coefficient (Wildman–Crippen LogP) is 4.21. The summed E-state index contributed by atoms with van der Waals surface area (Å²) in [6.45, 7) is 0. The first-order valence-electron chi connectivity index (χ1n) is 4.12. The van der Waals surface area contributed by atoms with Gasteiger partial charge in [0.1, 0.15) is 10.3 Å². The van der Waals surface area contributed by atoms with Gasteiger partial charge in [-0.3, -0.25) is 0 Å². The molecule has 0 saturated carbocycles. The average molecular weight is 304 g/mol. The highest BCUT2D eigenvalue weighted by molar-refractivity contribution is 9.10. The van der Waals surface area contributed by atoms with Crippen molar-refractivity contribution in [1.82, 2.24) is 9.97 Å². The molecule has 0 aliphatic rings. The second kappa shape index (κ2) is 4.47. The summed E-state index contributed by atoms with van der Waals surface area (Å²) >= 11 is 15.0. The van der Waals surface area contributed by atoms with Gasteiger partial charge < -0.3 is 0 Å². The summed E-state index contributed by atoms with van der Waals surface area (Å²) in [5.41, 5.74) is 0.883. The second-order valence-electron chi connectivity index (χ2n) is 2.81. The summed E-state index contributed by atoms with van der Waals surface area (Å²) in [6.07, 6.45) is 0. The van der Waals surface area contributed by atoms with E-state index >= 15 is 0 Å². The Balaban J connectivity index is 2.56. The van der Waals surface area contributed by atoms with E-state index in [1.54, 1.807) is 0 Å². The molecular formula is C10H5BrCl2N2. The lowest BCUT2D eigenvalue weighted by Gasteiger charge is -2.03. The third-order valence-electron chi connectivity index (χ3n) is 1.80. The molecule has 0 saturated heterocycles. The zero-order valence-electron chi connectivity index (χ0n) is 7.42. The van der Waals surface area contributed by atoms with Crippen molar-refractivity contribution in [2.45, 2.75) is 0 Å². The quantitative estimate of drug-likeness (QED) is 0.737. The van der Waals surface area contributed by atoms with Crippen molar-refractivity contribution in [3.05, 3.63) is 45.1 Å². The van der Waals surface area contributed by atoms with Crippen molar-refractivity contribution >= 4 is 39.1 Å². The zero-order chi connectivity index (χ0) is 10.8. The van der Waals surface area contributed by atoms with Gasteiger partial charge >= 0.3 is 0 Å². The van der Waals surface area contributed by atoms with Gasteiger partial charge in [-0.25, -0.2) is 9.97 Å². The van der Waals surface area contributed by atoms with Gasteiger partial charge in [-0.05, 0) is 15.9 Å². The zero-order valence-corrected chi connectivity index (χ0v) is 10.5. The van der Waals surface area contributed by atoms with Gasteiger partial charge in [-0.2, -0.15) is 0 Å². The summed E-state index contributed by atoms with van der Waals surface area (Å²) in [7, 11) is 0. The van der Waals surface area contributed by atoms with Crippen LogP contribution in [0, 0.1) is 0 Å². The predicted molar refractivity (Wildman–Crippen MR) is 65.2 cm³/mol. The molecule has 0 N–H and O–H groups in total. The molecule has 0 fully saturated rings.